The van der Waals surface area contributed by atoms with Crippen LogP contribution in [0.3, 0.4) is 0 Å². The maximum atomic E-state index is 13.1. The van der Waals surface area contributed by atoms with E-state index in [4.69, 9.17) is 9.47 Å². The maximum Gasteiger partial charge on any atom is 0.315 e. The van der Waals surface area contributed by atoms with Gasteiger partial charge in [-0.25, -0.2) is 4.39 Å². The molecule has 27 heavy (non-hydrogen) atoms. The molecule has 146 valence electrons. The van der Waals surface area contributed by atoms with E-state index in [0.29, 0.717) is 12.5 Å². The molecule has 0 bridgehead atoms. The summed E-state index contributed by atoms with van der Waals surface area (Å²) in [7, 11) is 0. The Morgan fingerprint density at radius 2 is 2.07 bits per heavy atom. The molecule has 4 nitrogen and oxygen atoms in total. The van der Waals surface area contributed by atoms with Gasteiger partial charge in [0.05, 0.1) is 12.6 Å². The smallest absolute Gasteiger partial charge is 0.315 e. The summed E-state index contributed by atoms with van der Waals surface area (Å²) >= 11 is 0. The summed E-state index contributed by atoms with van der Waals surface area (Å²) < 4.78 is 25.4. The number of benzene rings is 1. The van der Waals surface area contributed by atoms with Crippen LogP contribution in [0.4, 0.5) is 4.39 Å². The van der Waals surface area contributed by atoms with E-state index in [1.165, 1.54) is 31.4 Å². The van der Waals surface area contributed by atoms with E-state index in [2.05, 4.69) is 19.2 Å². The zero-order valence-electron chi connectivity index (χ0n) is 16.1. The quantitative estimate of drug-likeness (QED) is 0.650. The highest BCUT2D eigenvalue weighted by atomic mass is 19.1. The van der Waals surface area contributed by atoms with Crippen molar-refractivity contribution in [2.45, 2.75) is 63.9 Å². The van der Waals surface area contributed by atoms with Crippen molar-refractivity contribution in [1.82, 2.24) is 0 Å². The lowest BCUT2D eigenvalue weighted by atomic mass is 9.53. The van der Waals surface area contributed by atoms with Crippen molar-refractivity contribution < 1.29 is 24.0 Å². The molecule has 1 aromatic rings. The summed E-state index contributed by atoms with van der Waals surface area (Å²) in [4.78, 5) is 12.6. The molecule has 0 amide bonds. The highest BCUT2D eigenvalue weighted by Gasteiger charge is 2.78. The molecular weight excluding hydrogens is 345 g/mol. The number of esters is 1. The first-order chi connectivity index (χ1) is 12.9. The number of fused-ring (bicyclic) bond motifs is 2. The van der Waals surface area contributed by atoms with Crippen LogP contribution in [-0.2, 0) is 20.8 Å². The van der Waals surface area contributed by atoms with Crippen LogP contribution < -0.4 is 5.32 Å². The van der Waals surface area contributed by atoms with E-state index in [-0.39, 0.29) is 46.8 Å². The highest BCUT2D eigenvalue weighted by Crippen LogP contribution is 2.70. The number of rotatable bonds is 4. The minimum atomic E-state index is -0.219. The lowest BCUT2D eigenvalue weighted by Crippen LogP contribution is -2.84. The van der Waals surface area contributed by atoms with Gasteiger partial charge in [-0.1, -0.05) is 32.4 Å². The highest BCUT2D eigenvalue weighted by molar-refractivity contribution is 5.76. The van der Waals surface area contributed by atoms with Crippen LogP contribution in [0.2, 0.25) is 0 Å². The van der Waals surface area contributed by atoms with E-state index in [0.717, 1.165) is 18.5 Å². The number of carbonyl (C=O) groups is 1. The van der Waals surface area contributed by atoms with Gasteiger partial charge in [-0.15, -0.1) is 0 Å². The average molecular weight is 374 g/mol. The third kappa shape index (κ3) is 2.51. The van der Waals surface area contributed by atoms with Crippen molar-refractivity contribution in [2.75, 3.05) is 6.54 Å². The first-order valence-electron chi connectivity index (χ1n) is 10.4. The van der Waals surface area contributed by atoms with Gasteiger partial charge in [-0.3, -0.25) is 4.79 Å². The summed E-state index contributed by atoms with van der Waals surface area (Å²) in [5.74, 6) is 0.376. The van der Waals surface area contributed by atoms with Gasteiger partial charge < -0.3 is 14.8 Å². The van der Waals surface area contributed by atoms with Crippen LogP contribution in [0.15, 0.2) is 24.3 Å². The number of halogens is 1. The third-order valence-electron chi connectivity index (χ3n) is 7.91. The Labute approximate surface area is 159 Å². The number of carbonyl (C=O) groups excluding carboxylic acids is 1. The van der Waals surface area contributed by atoms with Crippen LogP contribution in [-0.4, -0.2) is 30.3 Å². The molecule has 2 saturated heterocycles. The van der Waals surface area contributed by atoms with Crippen LogP contribution in [0.1, 0.15) is 45.1 Å². The van der Waals surface area contributed by atoms with Crippen LogP contribution in [0.5, 0.6) is 0 Å². The van der Waals surface area contributed by atoms with Gasteiger partial charge in [-0.05, 0) is 37.3 Å². The van der Waals surface area contributed by atoms with Gasteiger partial charge in [0.2, 0.25) is 0 Å². The molecule has 2 saturated carbocycles. The molecule has 5 rings (SSSR count). The first-order valence-corrected chi connectivity index (χ1v) is 10.4. The SMILES string of the molecule is C[C@@H]1CCC[C@]2(C)C[C@H]3OC(=O)[C@@H](C[NH2+]Cc4ccc(F)cc4)[C@H]3[C@@H]3O[C@@]132. The van der Waals surface area contributed by atoms with Gasteiger partial charge in [0, 0.05) is 16.9 Å². The first kappa shape index (κ1) is 17.6. The summed E-state index contributed by atoms with van der Waals surface area (Å²) in [5, 5.41) is 2.15. The fourth-order valence-electron chi connectivity index (χ4n) is 6.55. The molecular formula is C22H29FNO3+. The third-order valence-corrected chi connectivity index (χ3v) is 7.91. The zero-order valence-corrected chi connectivity index (χ0v) is 16.1. The Balaban J connectivity index is 1.30. The molecule has 2 aliphatic carbocycles. The molecule has 2 heterocycles. The molecule has 4 fully saturated rings. The second-order valence-electron chi connectivity index (χ2n) is 9.40. The Morgan fingerprint density at radius 1 is 1.30 bits per heavy atom. The minimum Gasteiger partial charge on any atom is -0.462 e. The number of hydrogen-bond donors (Lipinski definition) is 1. The summed E-state index contributed by atoms with van der Waals surface area (Å²) in [6.45, 7) is 6.12. The van der Waals surface area contributed by atoms with Gasteiger partial charge in [0.25, 0.3) is 0 Å². The van der Waals surface area contributed by atoms with Gasteiger partial charge in [0.1, 0.15) is 30.0 Å². The molecule has 2 N–H and O–H groups in total. The van der Waals surface area contributed by atoms with Crippen LogP contribution in [0.25, 0.3) is 0 Å². The van der Waals surface area contributed by atoms with Crippen LogP contribution >= 0.6 is 0 Å². The van der Waals surface area contributed by atoms with Crippen molar-refractivity contribution in [3.05, 3.63) is 35.6 Å². The van der Waals surface area contributed by atoms with E-state index in [1.807, 2.05) is 0 Å². The monoisotopic (exact) mass is 374 g/mol. The Bertz CT molecular complexity index is 752. The molecule has 1 aromatic carbocycles. The Kier molecular flexibility index (Phi) is 3.93. The van der Waals surface area contributed by atoms with Crippen molar-refractivity contribution in [3.8, 4) is 0 Å². The Morgan fingerprint density at radius 3 is 2.85 bits per heavy atom. The predicted octanol–water partition coefficient (Wildman–Crippen LogP) is 2.41. The van der Waals surface area contributed by atoms with Gasteiger partial charge in [0.15, 0.2) is 0 Å². The van der Waals surface area contributed by atoms with Crippen molar-refractivity contribution >= 4 is 5.97 Å². The van der Waals surface area contributed by atoms with Gasteiger partial charge in [-0.2, -0.15) is 0 Å². The molecule has 5 heteroatoms. The fourth-order valence-corrected chi connectivity index (χ4v) is 6.55. The number of ether oxygens (including phenoxy) is 2. The summed E-state index contributed by atoms with van der Waals surface area (Å²) in [6, 6.07) is 6.57. The molecule has 7 atom stereocenters. The van der Waals surface area contributed by atoms with E-state index in [9.17, 15) is 9.18 Å². The minimum absolute atomic E-state index is 0.0117. The van der Waals surface area contributed by atoms with Gasteiger partial charge >= 0.3 is 5.97 Å². The second-order valence-corrected chi connectivity index (χ2v) is 9.40. The topological polar surface area (TPSA) is 55.4 Å². The summed E-state index contributed by atoms with van der Waals surface area (Å²) in [6.07, 6.45) is 4.77. The number of nitrogens with two attached hydrogens (primary N) is 1. The molecule has 0 radical (unpaired) electrons. The van der Waals surface area contributed by atoms with Crippen molar-refractivity contribution in [1.29, 1.82) is 0 Å². The molecule has 0 aromatic heterocycles. The van der Waals surface area contributed by atoms with Crippen LogP contribution in [0, 0.1) is 29.0 Å². The van der Waals surface area contributed by atoms with Crippen molar-refractivity contribution in [2.24, 2.45) is 23.2 Å². The zero-order chi connectivity index (χ0) is 18.8. The normalized spacial score (nSPS) is 44.9. The lowest BCUT2D eigenvalue weighted by molar-refractivity contribution is -0.675. The van der Waals surface area contributed by atoms with E-state index in [1.54, 1.807) is 12.1 Å². The fraction of sp³-hybridized carbons (Fsp3) is 0.682. The standard InChI is InChI=1S/C22H28FNO3/c1-13-4-3-9-21(2)10-17-18(19-22(13,21)27-19)16(20(25)26-17)12-24-11-14-5-7-15(23)8-6-14/h5-8,13,16-19,24H,3-4,9-12H2,1-2H3/p+1/t13-,16+,17-,18-,19+,21-,22+/m1/s1. The molecule has 1 spiro atoms. The second kappa shape index (κ2) is 6.02. The number of hydrogen-bond acceptors (Lipinski definition) is 3. The molecule has 0 unspecified atom stereocenters. The Hall–Kier alpha value is -1.46. The number of epoxide rings is 1. The lowest BCUT2D eigenvalue weighted by Gasteiger charge is -2.48. The number of quaternary nitrogens is 1. The largest absolute Gasteiger partial charge is 0.462 e. The maximum absolute atomic E-state index is 13.1. The predicted molar refractivity (Wildman–Crippen MR) is 97.1 cm³/mol. The molecule has 4 aliphatic rings. The van der Waals surface area contributed by atoms with E-state index >= 15 is 0 Å². The van der Waals surface area contributed by atoms with Crippen molar-refractivity contribution in [3.63, 3.8) is 0 Å². The summed E-state index contributed by atoms with van der Waals surface area (Å²) in [5.41, 5.74) is 1.18. The van der Waals surface area contributed by atoms with E-state index < -0.39 is 0 Å². The average Bonchev–Trinajstić information content (AvgIpc) is 3.31. The molecule has 2 aliphatic heterocycles.